The van der Waals surface area contributed by atoms with Gasteiger partial charge in [-0.2, -0.15) is 0 Å². The monoisotopic (exact) mass is 206 g/mol. The van der Waals surface area contributed by atoms with Gasteiger partial charge in [0.2, 0.25) is 0 Å². The van der Waals surface area contributed by atoms with Crippen LogP contribution < -0.4 is 5.46 Å². The highest BCUT2D eigenvalue weighted by molar-refractivity contribution is 6.62. The van der Waals surface area contributed by atoms with E-state index < -0.39 is 7.12 Å². The number of rotatable bonds is 1. The largest absolute Gasteiger partial charge is 0.489 e. The van der Waals surface area contributed by atoms with Crippen LogP contribution in [0, 0.1) is 0 Å². The molecule has 70 valence electrons. The van der Waals surface area contributed by atoms with Gasteiger partial charge in [-0.3, -0.25) is 0 Å². The summed E-state index contributed by atoms with van der Waals surface area (Å²) in [4.78, 5) is 0. The summed E-state index contributed by atoms with van der Waals surface area (Å²) in [5.41, 5.74) is 0.477. The van der Waals surface area contributed by atoms with E-state index >= 15 is 0 Å². The van der Waals surface area contributed by atoms with Crippen LogP contribution in [0.5, 0.6) is 0 Å². The molecule has 2 aromatic carbocycles. The van der Waals surface area contributed by atoms with Gasteiger partial charge in [0.25, 0.3) is 0 Å². The second-order valence-corrected chi connectivity index (χ2v) is 3.46. The highest BCUT2D eigenvalue weighted by atomic mass is 35.5. The third kappa shape index (κ3) is 1.50. The second-order valence-electron chi connectivity index (χ2n) is 3.06. The van der Waals surface area contributed by atoms with Crippen LogP contribution in [0.3, 0.4) is 0 Å². The second kappa shape index (κ2) is 3.61. The lowest BCUT2D eigenvalue weighted by Crippen LogP contribution is -2.30. The first kappa shape index (κ1) is 9.53. The fraction of sp³-hybridized carbons (Fsp3) is 0. The van der Waals surface area contributed by atoms with Crippen molar-refractivity contribution < 1.29 is 10.0 Å². The van der Waals surface area contributed by atoms with Crippen LogP contribution in [0.4, 0.5) is 0 Å². The van der Waals surface area contributed by atoms with Crippen molar-refractivity contribution in [1.82, 2.24) is 0 Å². The van der Waals surface area contributed by atoms with E-state index in [1.807, 2.05) is 24.3 Å². The van der Waals surface area contributed by atoms with E-state index in [4.69, 9.17) is 21.6 Å². The molecule has 0 atom stereocenters. The molecule has 2 nitrogen and oxygen atoms in total. The van der Waals surface area contributed by atoms with Crippen LogP contribution in [-0.4, -0.2) is 17.2 Å². The predicted octanol–water partition coefficient (Wildman–Crippen LogP) is 1.17. The molecular weight excluding hydrogens is 198 g/mol. The molecule has 4 heteroatoms. The average molecular weight is 206 g/mol. The molecule has 14 heavy (non-hydrogen) atoms. The van der Waals surface area contributed by atoms with E-state index in [-0.39, 0.29) is 0 Å². The molecule has 0 spiro atoms. The molecule has 0 bridgehead atoms. The average Bonchev–Trinajstić information content (AvgIpc) is 2.18. The van der Waals surface area contributed by atoms with E-state index in [0.29, 0.717) is 10.5 Å². The quantitative estimate of drug-likeness (QED) is 0.688. The van der Waals surface area contributed by atoms with Crippen molar-refractivity contribution in [3.63, 3.8) is 0 Å². The maximum Gasteiger partial charge on any atom is 0.489 e. The third-order valence-electron chi connectivity index (χ3n) is 2.18. The van der Waals surface area contributed by atoms with Crippen LogP contribution in [0.15, 0.2) is 36.4 Å². The lowest BCUT2D eigenvalue weighted by Gasteiger charge is -2.06. The molecule has 0 unspecified atom stereocenters. The van der Waals surface area contributed by atoms with Crippen LogP contribution >= 0.6 is 11.6 Å². The lowest BCUT2D eigenvalue weighted by atomic mass is 9.77. The molecule has 2 rings (SSSR count). The van der Waals surface area contributed by atoms with Crippen molar-refractivity contribution >= 4 is 35.0 Å². The Bertz CT molecular complexity index is 471. The van der Waals surface area contributed by atoms with Gasteiger partial charge >= 0.3 is 7.12 Å². The number of hydrogen-bond donors (Lipinski definition) is 2. The first-order valence-corrected chi connectivity index (χ1v) is 4.61. The Morgan fingerprint density at radius 3 is 2.21 bits per heavy atom. The van der Waals surface area contributed by atoms with Crippen LogP contribution in [0.25, 0.3) is 10.8 Å². The van der Waals surface area contributed by atoms with Crippen molar-refractivity contribution in [3.05, 3.63) is 41.4 Å². The predicted molar refractivity (Wildman–Crippen MR) is 58.8 cm³/mol. The van der Waals surface area contributed by atoms with Crippen molar-refractivity contribution in [1.29, 1.82) is 0 Å². The van der Waals surface area contributed by atoms with Gasteiger partial charge in [-0.25, -0.2) is 0 Å². The van der Waals surface area contributed by atoms with Crippen LogP contribution in [-0.2, 0) is 0 Å². The van der Waals surface area contributed by atoms with Gasteiger partial charge in [0, 0.05) is 5.02 Å². The normalized spacial score (nSPS) is 10.5. The highest BCUT2D eigenvalue weighted by Crippen LogP contribution is 2.21. The summed E-state index contributed by atoms with van der Waals surface area (Å²) in [6.45, 7) is 0. The summed E-state index contributed by atoms with van der Waals surface area (Å²) in [5.74, 6) is 0. The van der Waals surface area contributed by atoms with Crippen molar-refractivity contribution in [3.8, 4) is 0 Å². The SMILES string of the molecule is OB(O)c1ccc(Cl)c2ccccc12. The molecule has 0 radical (unpaired) electrons. The molecule has 0 aliphatic carbocycles. The maximum atomic E-state index is 9.13. The molecule has 0 aliphatic heterocycles. The van der Waals surface area contributed by atoms with Crippen LogP contribution in [0.1, 0.15) is 0 Å². The summed E-state index contributed by atoms with van der Waals surface area (Å²) < 4.78 is 0. The number of halogens is 1. The van der Waals surface area contributed by atoms with E-state index in [1.54, 1.807) is 12.1 Å². The number of hydrogen-bond acceptors (Lipinski definition) is 2. The van der Waals surface area contributed by atoms with Gasteiger partial charge in [-0.1, -0.05) is 41.9 Å². The topological polar surface area (TPSA) is 40.5 Å². The Morgan fingerprint density at radius 2 is 1.57 bits per heavy atom. The van der Waals surface area contributed by atoms with Gasteiger partial charge in [0.05, 0.1) is 0 Å². The fourth-order valence-corrected chi connectivity index (χ4v) is 1.74. The molecule has 0 heterocycles. The van der Waals surface area contributed by atoms with Gasteiger partial charge < -0.3 is 10.0 Å². The van der Waals surface area contributed by atoms with Crippen molar-refractivity contribution in [2.75, 3.05) is 0 Å². The minimum Gasteiger partial charge on any atom is -0.423 e. The minimum absolute atomic E-state index is 0.477. The number of benzene rings is 2. The summed E-state index contributed by atoms with van der Waals surface area (Å²) >= 11 is 5.97. The highest BCUT2D eigenvalue weighted by Gasteiger charge is 2.14. The van der Waals surface area contributed by atoms with Gasteiger partial charge in [0.15, 0.2) is 0 Å². The fourth-order valence-electron chi connectivity index (χ4n) is 1.51. The first-order chi connectivity index (χ1) is 6.70. The molecule has 0 fully saturated rings. The minimum atomic E-state index is -1.46. The number of fused-ring (bicyclic) bond motifs is 1. The molecule has 0 aliphatic rings. The Labute approximate surface area is 86.9 Å². The Kier molecular flexibility index (Phi) is 2.46. The first-order valence-electron chi connectivity index (χ1n) is 4.23. The van der Waals surface area contributed by atoms with Crippen molar-refractivity contribution in [2.45, 2.75) is 0 Å². The Hall–Kier alpha value is -1.03. The zero-order valence-electron chi connectivity index (χ0n) is 7.31. The molecule has 0 saturated carbocycles. The van der Waals surface area contributed by atoms with E-state index in [9.17, 15) is 0 Å². The summed E-state index contributed by atoms with van der Waals surface area (Å²) in [6.07, 6.45) is 0. The van der Waals surface area contributed by atoms with Crippen molar-refractivity contribution in [2.24, 2.45) is 0 Å². The summed E-state index contributed by atoms with van der Waals surface area (Å²) in [5, 5.41) is 20.5. The zero-order valence-corrected chi connectivity index (χ0v) is 8.07. The molecular formula is C10H8BClO2. The molecule has 2 aromatic rings. The molecule has 0 aromatic heterocycles. The van der Waals surface area contributed by atoms with E-state index in [0.717, 1.165) is 10.8 Å². The van der Waals surface area contributed by atoms with Gasteiger partial charge in [-0.15, -0.1) is 0 Å². The zero-order chi connectivity index (χ0) is 10.1. The smallest absolute Gasteiger partial charge is 0.423 e. The summed E-state index contributed by atoms with van der Waals surface area (Å²) in [6, 6.07) is 10.7. The lowest BCUT2D eigenvalue weighted by molar-refractivity contribution is 0.426. The Morgan fingerprint density at radius 1 is 0.929 bits per heavy atom. The Balaban J connectivity index is 2.82. The molecule has 0 amide bonds. The van der Waals surface area contributed by atoms with Gasteiger partial charge in [0.1, 0.15) is 0 Å². The maximum absolute atomic E-state index is 9.13. The summed E-state index contributed by atoms with van der Waals surface area (Å²) in [7, 11) is -1.46. The standard InChI is InChI=1S/C10H8BClO2/c12-10-6-5-9(11(13)14)7-3-1-2-4-8(7)10/h1-6,13-14H. The van der Waals surface area contributed by atoms with E-state index in [1.165, 1.54) is 0 Å². The van der Waals surface area contributed by atoms with E-state index in [2.05, 4.69) is 0 Å². The van der Waals surface area contributed by atoms with Crippen LogP contribution in [0.2, 0.25) is 5.02 Å². The molecule has 2 N–H and O–H groups in total. The molecule has 0 saturated heterocycles. The van der Waals surface area contributed by atoms with Gasteiger partial charge in [-0.05, 0) is 22.3 Å². The third-order valence-corrected chi connectivity index (χ3v) is 2.51.